The van der Waals surface area contributed by atoms with Gasteiger partial charge in [0.1, 0.15) is 23.0 Å². The Morgan fingerprint density at radius 2 is 1.93 bits per heavy atom. The van der Waals surface area contributed by atoms with Crippen molar-refractivity contribution in [3.05, 3.63) is 48.8 Å². The molecule has 0 radical (unpaired) electrons. The van der Waals surface area contributed by atoms with Crippen LogP contribution in [0.4, 0.5) is 5.69 Å². The molecule has 1 heterocycles. The molecule has 160 valence electrons. The lowest BCUT2D eigenvalue weighted by Crippen LogP contribution is -2.28. The molecule has 0 fully saturated rings. The molecule has 3 rings (SSSR count). The number of ether oxygens (including phenoxy) is 1. The van der Waals surface area contributed by atoms with Crippen LogP contribution in [-0.4, -0.2) is 51.0 Å². The smallest absolute Gasteiger partial charge is 0.244 e. The number of rotatable bonds is 9. The van der Waals surface area contributed by atoms with Crippen LogP contribution in [0.3, 0.4) is 0 Å². The second kappa shape index (κ2) is 8.85. The molecule has 9 heteroatoms. The van der Waals surface area contributed by atoms with Gasteiger partial charge < -0.3 is 19.0 Å². The highest BCUT2D eigenvalue weighted by Gasteiger charge is 2.24. The van der Waals surface area contributed by atoms with Crippen LogP contribution in [0.1, 0.15) is 19.9 Å². The molecule has 3 aromatic rings. The fraction of sp³-hybridized carbons (Fsp3) is 0.333. The van der Waals surface area contributed by atoms with E-state index in [9.17, 15) is 13.2 Å². The third-order valence-electron chi connectivity index (χ3n) is 5.00. The fourth-order valence-electron chi connectivity index (χ4n) is 3.14. The Morgan fingerprint density at radius 3 is 2.63 bits per heavy atom. The van der Waals surface area contributed by atoms with Gasteiger partial charge in [0.25, 0.3) is 0 Å². The highest BCUT2D eigenvalue weighted by atomic mass is 32.2. The Labute approximate surface area is 176 Å². The lowest BCUT2D eigenvalue weighted by atomic mass is 10.2. The number of nitrogens with zero attached hydrogens (tertiary/aromatic N) is 3. The van der Waals surface area contributed by atoms with Crippen LogP contribution in [0.15, 0.2) is 53.7 Å². The Kier molecular flexibility index (Phi) is 6.42. The number of aromatic nitrogens is 2. The van der Waals surface area contributed by atoms with Crippen LogP contribution < -0.4 is 14.4 Å². The molecule has 0 unspecified atom stereocenters. The summed E-state index contributed by atoms with van der Waals surface area (Å²) in [6.07, 6.45) is 1.90. The number of benzene rings is 2. The van der Waals surface area contributed by atoms with Gasteiger partial charge in [0.15, 0.2) is 0 Å². The van der Waals surface area contributed by atoms with E-state index in [0.717, 1.165) is 16.7 Å². The molecule has 0 aliphatic carbocycles. The molecular formula is C21H26N4O4S. The van der Waals surface area contributed by atoms with E-state index in [4.69, 9.17) is 4.74 Å². The van der Waals surface area contributed by atoms with Crippen molar-refractivity contribution in [2.24, 2.45) is 0 Å². The van der Waals surface area contributed by atoms with E-state index in [1.165, 1.54) is 6.07 Å². The predicted molar refractivity (Wildman–Crippen MR) is 117 cm³/mol. The molecule has 0 amide bonds. The van der Waals surface area contributed by atoms with Gasteiger partial charge in [-0.3, -0.25) is 0 Å². The number of carbonyl (C=O) groups excluding carboxylic acids is 1. The standard InChI is InChI=1S/C21H26N4O4S/c1-15(25-14-22-18-7-5-6-8-19(18)25)16(2)29-20-13-17(24(3)4)9-10-21(20)30(27,28)23-11-12-26/h5-10,12-16,23H,11H2,1-4H3/t15-,16+/m0/s1. The fourth-order valence-corrected chi connectivity index (χ4v) is 4.20. The van der Waals surface area contributed by atoms with Gasteiger partial charge in [0.05, 0.1) is 29.9 Å². The van der Waals surface area contributed by atoms with Crippen molar-refractivity contribution in [1.29, 1.82) is 0 Å². The van der Waals surface area contributed by atoms with E-state index >= 15 is 0 Å². The molecule has 0 aliphatic heterocycles. The minimum Gasteiger partial charge on any atom is -0.487 e. The van der Waals surface area contributed by atoms with Crippen LogP contribution >= 0.6 is 0 Å². The summed E-state index contributed by atoms with van der Waals surface area (Å²) in [5, 5.41) is 0. The number of hydrogen-bond donors (Lipinski definition) is 1. The lowest BCUT2D eigenvalue weighted by molar-refractivity contribution is -0.106. The number of hydrogen-bond acceptors (Lipinski definition) is 6. The first kappa shape index (κ1) is 21.8. The quantitative estimate of drug-likeness (QED) is 0.525. The van der Waals surface area contributed by atoms with Gasteiger partial charge in [0.2, 0.25) is 10.0 Å². The Bertz CT molecular complexity index is 1140. The summed E-state index contributed by atoms with van der Waals surface area (Å²) in [5.41, 5.74) is 2.66. The number of aldehydes is 1. The maximum atomic E-state index is 12.7. The van der Waals surface area contributed by atoms with Gasteiger partial charge in [-0.05, 0) is 38.1 Å². The van der Waals surface area contributed by atoms with E-state index in [1.54, 1.807) is 18.5 Å². The van der Waals surface area contributed by atoms with Crippen LogP contribution in [0.25, 0.3) is 11.0 Å². The molecule has 0 saturated carbocycles. The topological polar surface area (TPSA) is 93.5 Å². The highest BCUT2D eigenvalue weighted by molar-refractivity contribution is 7.89. The maximum Gasteiger partial charge on any atom is 0.244 e. The number of fused-ring (bicyclic) bond motifs is 1. The number of carbonyl (C=O) groups is 1. The summed E-state index contributed by atoms with van der Waals surface area (Å²) in [6.45, 7) is 3.58. The third kappa shape index (κ3) is 4.47. The zero-order chi connectivity index (χ0) is 21.9. The normalized spacial score (nSPS) is 13.7. The Hall–Kier alpha value is -2.91. The molecule has 1 N–H and O–H groups in total. The predicted octanol–water partition coefficient (Wildman–Crippen LogP) is 2.61. The van der Waals surface area contributed by atoms with Gasteiger partial charge >= 0.3 is 0 Å². The first-order valence-electron chi connectivity index (χ1n) is 9.57. The summed E-state index contributed by atoms with van der Waals surface area (Å²) >= 11 is 0. The van der Waals surface area contributed by atoms with Crippen molar-refractivity contribution >= 4 is 33.0 Å². The van der Waals surface area contributed by atoms with Crippen molar-refractivity contribution < 1.29 is 17.9 Å². The molecule has 1 aromatic heterocycles. The monoisotopic (exact) mass is 430 g/mol. The van der Waals surface area contributed by atoms with Crippen molar-refractivity contribution in [3.63, 3.8) is 0 Å². The second-order valence-electron chi connectivity index (χ2n) is 7.25. The largest absolute Gasteiger partial charge is 0.487 e. The van der Waals surface area contributed by atoms with Crippen molar-refractivity contribution in [3.8, 4) is 5.75 Å². The van der Waals surface area contributed by atoms with Crippen molar-refractivity contribution in [2.45, 2.75) is 30.9 Å². The maximum absolute atomic E-state index is 12.7. The van der Waals surface area contributed by atoms with E-state index in [2.05, 4.69) is 9.71 Å². The summed E-state index contributed by atoms with van der Waals surface area (Å²) in [6, 6.07) is 12.6. The first-order valence-corrected chi connectivity index (χ1v) is 11.1. The molecule has 8 nitrogen and oxygen atoms in total. The van der Waals surface area contributed by atoms with E-state index in [0.29, 0.717) is 6.29 Å². The molecule has 0 bridgehead atoms. The zero-order valence-corrected chi connectivity index (χ0v) is 18.3. The number of imidazole rings is 1. The molecule has 30 heavy (non-hydrogen) atoms. The summed E-state index contributed by atoms with van der Waals surface area (Å²) in [4.78, 5) is 16.9. The highest BCUT2D eigenvalue weighted by Crippen LogP contribution is 2.31. The van der Waals surface area contributed by atoms with Gasteiger partial charge in [-0.2, -0.15) is 0 Å². The molecule has 2 aromatic carbocycles. The van der Waals surface area contributed by atoms with Gasteiger partial charge in [-0.25, -0.2) is 18.1 Å². The van der Waals surface area contributed by atoms with Crippen molar-refractivity contribution in [1.82, 2.24) is 14.3 Å². The van der Waals surface area contributed by atoms with Crippen LogP contribution in [0, 0.1) is 0 Å². The molecule has 0 saturated heterocycles. The van der Waals surface area contributed by atoms with Gasteiger partial charge in [0, 0.05) is 25.8 Å². The SMILES string of the molecule is C[C@@H](Oc1cc(N(C)C)ccc1S(=O)(=O)NCC=O)[C@H](C)n1cnc2ccccc21. The first-order chi connectivity index (χ1) is 14.2. The lowest BCUT2D eigenvalue weighted by Gasteiger charge is -2.25. The van der Waals surface area contributed by atoms with Crippen LogP contribution in [0.2, 0.25) is 0 Å². The summed E-state index contributed by atoms with van der Waals surface area (Å²) in [7, 11) is -0.174. The number of nitrogens with one attached hydrogen (secondary N) is 1. The molecule has 0 aliphatic rings. The molecule has 0 spiro atoms. The van der Waals surface area contributed by atoms with E-state index in [1.807, 2.05) is 61.7 Å². The number of anilines is 1. The second-order valence-corrected chi connectivity index (χ2v) is 8.98. The zero-order valence-electron chi connectivity index (χ0n) is 17.4. The molecular weight excluding hydrogens is 404 g/mol. The van der Waals surface area contributed by atoms with Crippen LogP contribution in [0.5, 0.6) is 5.75 Å². The summed E-state index contributed by atoms with van der Waals surface area (Å²) < 4.78 is 35.8. The minimum atomic E-state index is -3.90. The van der Waals surface area contributed by atoms with Crippen molar-refractivity contribution in [2.75, 3.05) is 25.5 Å². The number of para-hydroxylation sites is 2. The van der Waals surface area contributed by atoms with E-state index in [-0.39, 0.29) is 29.3 Å². The van der Waals surface area contributed by atoms with E-state index < -0.39 is 10.0 Å². The number of sulfonamides is 1. The van der Waals surface area contributed by atoms with Gasteiger partial charge in [-0.15, -0.1) is 0 Å². The third-order valence-corrected chi connectivity index (χ3v) is 6.47. The molecule has 2 atom stereocenters. The van der Waals surface area contributed by atoms with Crippen LogP contribution in [-0.2, 0) is 14.8 Å². The van der Waals surface area contributed by atoms with Gasteiger partial charge in [-0.1, -0.05) is 12.1 Å². The average Bonchev–Trinajstić information content (AvgIpc) is 3.15. The summed E-state index contributed by atoms with van der Waals surface area (Å²) in [5.74, 6) is 0.225. The minimum absolute atomic E-state index is 0.00973. The Morgan fingerprint density at radius 1 is 1.20 bits per heavy atom. The Balaban J connectivity index is 1.95. The average molecular weight is 431 g/mol.